The molecule has 0 aliphatic rings. The summed E-state index contributed by atoms with van der Waals surface area (Å²) in [7, 11) is 0. The maximum absolute atomic E-state index is 12.5. The molecule has 0 saturated carbocycles. The molecule has 21 heavy (non-hydrogen) atoms. The summed E-state index contributed by atoms with van der Waals surface area (Å²) in [6.07, 6.45) is 0. The zero-order chi connectivity index (χ0) is 15.4. The van der Waals surface area contributed by atoms with Gasteiger partial charge in [-0.3, -0.25) is 9.59 Å². The van der Waals surface area contributed by atoms with E-state index >= 15 is 0 Å². The predicted molar refractivity (Wildman–Crippen MR) is 81.0 cm³/mol. The lowest BCUT2D eigenvalue weighted by Gasteiger charge is -2.16. The molecule has 2 aromatic rings. The molecule has 6 heteroatoms. The van der Waals surface area contributed by atoms with Gasteiger partial charge in [0.1, 0.15) is 12.4 Å². The van der Waals surface area contributed by atoms with Crippen LogP contribution in [0.4, 0.5) is 0 Å². The Bertz CT molecular complexity index is 707. The van der Waals surface area contributed by atoms with Crippen molar-refractivity contribution in [2.24, 2.45) is 0 Å². The van der Waals surface area contributed by atoms with Crippen LogP contribution < -0.4 is 11.0 Å². The van der Waals surface area contributed by atoms with Crippen LogP contribution in [0.3, 0.4) is 0 Å². The minimum atomic E-state index is -0.410. The molecule has 0 fully saturated rings. The van der Waals surface area contributed by atoms with Gasteiger partial charge in [-0.25, -0.2) is 9.66 Å². The Kier molecular flexibility index (Phi) is 4.57. The van der Waals surface area contributed by atoms with Gasteiger partial charge in [0.2, 0.25) is 0 Å². The Morgan fingerprint density at radius 3 is 2.76 bits per heavy atom. The van der Waals surface area contributed by atoms with Gasteiger partial charge in [0.25, 0.3) is 5.56 Å². The second kappa shape index (κ2) is 6.39. The van der Waals surface area contributed by atoms with Crippen molar-refractivity contribution in [3.63, 3.8) is 0 Å². The fraction of sp³-hybridized carbons (Fsp3) is 0.400. The number of rotatable bonds is 5. The lowest BCUT2D eigenvalue weighted by molar-refractivity contribution is -0.141. The molecule has 2 rings (SSSR count). The maximum atomic E-state index is 12.5. The highest BCUT2D eigenvalue weighted by Crippen LogP contribution is 2.13. The van der Waals surface area contributed by atoms with Crippen LogP contribution >= 0.6 is 0 Å². The number of aromatic nitrogens is 2. The van der Waals surface area contributed by atoms with Gasteiger partial charge in [-0.1, -0.05) is 26.0 Å². The highest BCUT2D eigenvalue weighted by atomic mass is 16.5. The number of fused-ring (bicyclic) bond motifs is 1. The SMILES string of the molecule is CCOC(=O)CNn1c(C(C)C)nc2ccccc2c1=O. The molecule has 0 aliphatic carbocycles. The highest BCUT2D eigenvalue weighted by Gasteiger charge is 2.14. The van der Waals surface area contributed by atoms with Gasteiger partial charge in [0.05, 0.1) is 17.5 Å². The number of benzene rings is 1. The minimum absolute atomic E-state index is 0.0389. The molecule has 0 spiro atoms. The monoisotopic (exact) mass is 289 g/mol. The Hall–Kier alpha value is -2.37. The van der Waals surface area contributed by atoms with E-state index in [1.165, 1.54) is 4.68 Å². The van der Waals surface area contributed by atoms with E-state index in [0.717, 1.165) is 0 Å². The summed E-state index contributed by atoms with van der Waals surface area (Å²) in [5.41, 5.74) is 3.25. The van der Waals surface area contributed by atoms with Crippen molar-refractivity contribution in [3.05, 3.63) is 40.4 Å². The van der Waals surface area contributed by atoms with E-state index in [1.54, 1.807) is 25.1 Å². The van der Waals surface area contributed by atoms with Crippen LogP contribution in [0.15, 0.2) is 29.1 Å². The summed E-state index contributed by atoms with van der Waals surface area (Å²) in [5, 5.41) is 0.512. The van der Waals surface area contributed by atoms with Crippen molar-refractivity contribution in [2.75, 3.05) is 18.6 Å². The first kappa shape index (κ1) is 15.0. The van der Waals surface area contributed by atoms with Crippen molar-refractivity contribution in [1.29, 1.82) is 0 Å². The first-order chi connectivity index (χ1) is 10.0. The first-order valence-electron chi connectivity index (χ1n) is 6.95. The number of carbonyl (C=O) groups excluding carboxylic acids is 1. The Morgan fingerprint density at radius 2 is 2.10 bits per heavy atom. The van der Waals surface area contributed by atoms with Crippen LogP contribution in [0.5, 0.6) is 0 Å². The van der Waals surface area contributed by atoms with E-state index in [2.05, 4.69) is 10.4 Å². The van der Waals surface area contributed by atoms with Gasteiger partial charge in [0.15, 0.2) is 0 Å². The van der Waals surface area contributed by atoms with E-state index in [1.807, 2.05) is 19.9 Å². The summed E-state index contributed by atoms with van der Waals surface area (Å²) in [6, 6.07) is 7.15. The molecule has 0 aliphatic heterocycles. The van der Waals surface area contributed by atoms with Crippen molar-refractivity contribution < 1.29 is 9.53 Å². The average molecular weight is 289 g/mol. The maximum Gasteiger partial charge on any atom is 0.326 e. The largest absolute Gasteiger partial charge is 0.465 e. The van der Waals surface area contributed by atoms with Gasteiger partial charge < -0.3 is 10.2 Å². The third-order valence-electron chi connectivity index (χ3n) is 3.00. The normalized spacial score (nSPS) is 10.9. The van der Waals surface area contributed by atoms with E-state index in [9.17, 15) is 9.59 Å². The molecule has 0 saturated heterocycles. The molecule has 1 heterocycles. The number of para-hydroxylation sites is 1. The smallest absolute Gasteiger partial charge is 0.326 e. The van der Waals surface area contributed by atoms with Crippen molar-refractivity contribution in [2.45, 2.75) is 26.7 Å². The fourth-order valence-electron chi connectivity index (χ4n) is 2.05. The second-order valence-electron chi connectivity index (χ2n) is 4.92. The summed E-state index contributed by atoms with van der Waals surface area (Å²) in [6.45, 7) is 5.86. The average Bonchev–Trinajstić information content (AvgIpc) is 2.46. The standard InChI is InChI=1S/C15H19N3O3/c1-4-21-13(19)9-16-18-14(10(2)3)17-12-8-6-5-7-11(12)15(18)20/h5-8,10,16H,4,9H2,1-3H3. The van der Waals surface area contributed by atoms with Crippen LogP contribution in [0, 0.1) is 0 Å². The number of nitrogens with zero attached hydrogens (tertiary/aromatic N) is 2. The molecule has 0 atom stereocenters. The van der Waals surface area contributed by atoms with Gasteiger partial charge in [-0.15, -0.1) is 0 Å². The lowest BCUT2D eigenvalue weighted by Crippen LogP contribution is -2.36. The Morgan fingerprint density at radius 1 is 1.38 bits per heavy atom. The van der Waals surface area contributed by atoms with Crippen molar-refractivity contribution >= 4 is 16.9 Å². The summed E-state index contributed by atoms with van der Waals surface area (Å²) >= 11 is 0. The van der Waals surface area contributed by atoms with E-state index in [4.69, 9.17) is 4.74 Å². The number of hydrogen-bond donors (Lipinski definition) is 1. The predicted octanol–water partition coefficient (Wildman–Crippen LogP) is 1.63. The molecule has 1 N–H and O–H groups in total. The third-order valence-corrected chi connectivity index (χ3v) is 3.00. The zero-order valence-electron chi connectivity index (χ0n) is 12.4. The number of nitrogens with one attached hydrogen (secondary N) is 1. The molecule has 0 radical (unpaired) electrons. The number of ether oxygens (including phenoxy) is 1. The molecule has 0 amide bonds. The Labute approximate surface area is 122 Å². The van der Waals surface area contributed by atoms with Crippen LogP contribution in [0.1, 0.15) is 32.5 Å². The van der Waals surface area contributed by atoms with Crippen LogP contribution in [-0.2, 0) is 9.53 Å². The summed E-state index contributed by atoms with van der Waals surface area (Å²) in [4.78, 5) is 28.5. The molecule has 1 aromatic heterocycles. The van der Waals surface area contributed by atoms with Gasteiger partial charge in [-0.05, 0) is 19.1 Å². The molecule has 112 valence electrons. The molecule has 0 bridgehead atoms. The molecular weight excluding hydrogens is 270 g/mol. The molecule has 0 unspecified atom stereocenters. The number of carbonyl (C=O) groups is 1. The minimum Gasteiger partial charge on any atom is -0.465 e. The molecular formula is C15H19N3O3. The first-order valence-corrected chi connectivity index (χ1v) is 6.95. The van der Waals surface area contributed by atoms with Crippen LogP contribution in [0.25, 0.3) is 10.9 Å². The summed E-state index contributed by atoms with van der Waals surface area (Å²) in [5.74, 6) is 0.215. The van der Waals surface area contributed by atoms with Gasteiger partial charge in [-0.2, -0.15) is 0 Å². The zero-order valence-corrected chi connectivity index (χ0v) is 12.4. The van der Waals surface area contributed by atoms with Crippen molar-refractivity contribution in [3.8, 4) is 0 Å². The molecule has 1 aromatic carbocycles. The topological polar surface area (TPSA) is 73.2 Å². The second-order valence-corrected chi connectivity index (χ2v) is 4.92. The highest BCUT2D eigenvalue weighted by molar-refractivity contribution is 5.77. The lowest BCUT2D eigenvalue weighted by atomic mass is 10.2. The quantitative estimate of drug-likeness (QED) is 0.847. The van der Waals surface area contributed by atoms with Gasteiger partial charge >= 0.3 is 5.97 Å². The Balaban J connectivity index is 2.45. The number of esters is 1. The van der Waals surface area contributed by atoms with Crippen LogP contribution in [0.2, 0.25) is 0 Å². The van der Waals surface area contributed by atoms with Gasteiger partial charge in [0, 0.05) is 5.92 Å². The van der Waals surface area contributed by atoms with E-state index < -0.39 is 5.97 Å². The van der Waals surface area contributed by atoms with Crippen LogP contribution in [-0.4, -0.2) is 28.8 Å². The third kappa shape index (κ3) is 3.21. The van der Waals surface area contributed by atoms with Crippen molar-refractivity contribution in [1.82, 2.24) is 9.66 Å². The van der Waals surface area contributed by atoms with E-state index in [-0.39, 0.29) is 18.0 Å². The fourth-order valence-corrected chi connectivity index (χ4v) is 2.05. The number of hydrogen-bond acceptors (Lipinski definition) is 5. The summed E-state index contributed by atoms with van der Waals surface area (Å²) < 4.78 is 6.19. The molecule has 6 nitrogen and oxygen atoms in total. The van der Waals surface area contributed by atoms with E-state index in [0.29, 0.717) is 23.3 Å².